The van der Waals surface area contributed by atoms with Crippen LogP contribution in [0, 0.1) is 6.92 Å². The highest BCUT2D eigenvalue weighted by Crippen LogP contribution is 2.26. The van der Waals surface area contributed by atoms with Crippen molar-refractivity contribution < 1.29 is 0 Å². The van der Waals surface area contributed by atoms with Crippen LogP contribution in [-0.4, -0.2) is 9.97 Å². The third kappa shape index (κ3) is 4.17. The number of anilines is 1. The zero-order chi connectivity index (χ0) is 15.4. The van der Waals surface area contributed by atoms with Crippen LogP contribution in [0.15, 0.2) is 28.7 Å². The molecule has 0 radical (unpaired) electrons. The third-order valence-electron chi connectivity index (χ3n) is 3.31. The van der Waals surface area contributed by atoms with E-state index in [2.05, 4.69) is 57.2 Å². The van der Waals surface area contributed by atoms with Crippen molar-refractivity contribution >= 4 is 33.3 Å². The first-order valence-corrected chi connectivity index (χ1v) is 8.23. The lowest BCUT2D eigenvalue weighted by Gasteiger charge is -2.18. The van der Waals surface area contributed by atoms with E-state index in [9.17, 15) is 0 Å². The fraction of sp³-hybridized carbons (Fsp3) is 0.375. The maximum absolute atomic E-state index is 6.21. The van der Waals surface area contributed by atoms with Gasteiger partial charge in [-0.05, 0) is 38.0 Å². The van der Waals surface area contributed by atoms with Crippen LogP contribution in [0.1, 0.15) is 43.3 Å². The summed E-state index contributed by atoms with van der Waals surface area (Å²) in [6.45, 7) is 6.15. The van der Waals surface area contributed by atoms with E-state index >= 15 is 0 Å². The summed E-state index contributed by atoms with van der Waals surface area (Å²) >= 11 is 9.71. The second-order valence-electron chi connectivity index (χ2n) is 5.08. The van der Waals surface area contributed by atoms with Gasteiger partial charge in [-0.3, -0.25) is 0 Å². The monoisotopic (exact) mass is 367 g/mol. The van der Waals surface area contributed by atoms with Crippen molar-refractivity contribution in [2.24, 2.45) is 0 Å². The molecule has 0 fully saturated rings. The molecular weight excluding hydrogens is 350 g/mol. The Kier molecular flexibility index (Phi) is 5.59. The van der Waals surface area contributed by atoms with E-state index in [0.717, 1.165) is 34.5 Å². The minimum Gasteiger partial charge on any atom is -0.363 e. The molecule has 5 heteroatoms. The average Bonchev–Trinajstić information content (AvgIpc) is 2.44. The van der Waals surface area contributed by atoms with Gasteiger partial charge >= 0.3 is 0 Å². The first-order valence-electron chi connectivity index (χ1n) is 7.06. The second-order valence-corrected chi connectivity index (χ2v) is 6.35. The van der Waals surface area contributed by atoms with Crippen molar-refractivity contribution in [2.75, 3.05) is 5.32 Å². The number of hydrogen-bond donors (Lipinski definition) is 1. The lowest BCUT2D eigenvalue weighted by molar-refractivity contribution is 0.814. The Hall–Kier alpha value is -1.13. The molecule has 1 atom stereocenters. The van der Waals surface area contributed by atoms with Gasteiger partial charge in [0, 0.05) is 22.5 Å². The molecule has 0 saturated carbocycles. The summed E-state index contributed by atoms with van der Waals surface area (Å²) in [5.41, 5.74) is 2.08. The summed E-state index contributed by atoms with van der Waals surface area (Å²) in [4.78, 5) is 8.92. The Morgan fingerprint density at radius 2 is 2.10 bits per heavy atom. The summed E-state index contributed by atoms with van der Waals surface area (Å²) in [5.74, 6) is 1.60. The molecule has 2 rings (SSSR count). The summed E-state index contributed by atoms with van der Waals surface area (Å²) in [6, 6.07) is 8.38. The van der Waals surface area contributed by atoms with Crippen LogP contribution in [0.2, 0.25) is 5.15 Å². The van der Waals surface area contributed by atoms with Gasteiger partial charge in [0.1, 0.15) is 16.8 Å². The van der Waals surface area contributed by atoms with Gasteiger partial charge in [0.15, 0.2) is 0 Å². The van der Waals surface area contributed by atoms with Gasteiger partial charge in [-0.2, -0.15) is 0 Å². The van der Waals surface area contributed by atoms with E-state index in [4.69, 9.17) is 11.6 Å². The highest BCUT2D eigenvalue weighted by molar-refractivity contribution is 9.10. The predicted octanol–water partition coefficient (Wildman–Crippen LogP) is 5.33. The van der Waals surface area contributed by atoms with Crippen molar-refractivity contribution in [1.29, 1.82) is 0 Å². The SMILES string of the molecule is CCCc1nc(Cl)c(C)c(NC(C)c2cccc(Br)c2)n1. The van der Waals surface area contributed by atoms with E-state index in [1.54, 1.807) is 0 Å². The second kappa shape index (κ2) is 7.23. The van der Waals surface area contributed by atoms with E-state index in [1.807, 2.05) is 19.1 Å². The molecule has 1 N–H and O–H groups in total. The van der Waals surface area contributed by atoms with Crippen molar-refractivity contribution in [3.05, 3.63) is 50.8 Å². The third-order valence-corrected chi connectivity index (χ3v) is 4.17. The van der Waals surface area contributed by atoms with Gasteiger partial charge in [-0.1, -0.05) is 46.6 Å². The number of aryl methyl sites for hydroxylation is 1. The summed E-state index contributed by atoms with van der Waals surface area (Å²) in [7, 11) is 0. The quantitative estimate of drug-likeness (QED) is 0.725. The van der Waals surface area contributed by atoms with Crippen LogP contribution >= 0.6 is 27.5 Å². The molecule has 0 aliphatic carbocycles. The molecule has 2 aromatic rings. The predicted molar refractivity (Wildman–Crippen MR) is 92.0 cm³/mol. The standard InChI is InChI=1S/C16H19BrClN3/c1-4-6-14-20-15(18)10(2)16(21-14)19-11(3)12-7-5-8-13(17)9-12/h5,7-9,11H,4,6H2,1-3H3,(H,19,20,21). The molecule has 21 heavy (non-hydrogen) atoms. The lowest BCUT2D eigenvalue weighted by Crippen LogP contribution is -2.11. The molecule has 3 nitrogen and oxygen atoms in total. The van der Waals surface area contributed by atoms with E-state index in [1.165, 1.54) is 5.56 Å². The highest BCUT2D eigenvalue weighted by Gasteiger charge is 2.12. The van der Waals surface area contributed by atoms with Crippen LogP contribution in [0.4, 0.5) is 5.82 Å². The number of benzene rings is 1. The van der Waals surface area contributed by atoms with Crippen molar-refractivity contribution in [2.45, 2.75) is 39.7 Å². The largest absolute Gasteiger partial charge is 0.363 e. The Balaban J connectivity index is 2.26. The number of nitrogens with one attached hydrogen (secondary N) is 1. The Morgan fingerprint density at radius 1 is 1.33 bits per heavy atom. The fourth-order valence-corrected chi connectivity index (χ4v) is 2.68. The number of nitrogens with zero attached hydrogens (tertiary/aromatic N) is 2. The molecule has 0 spiro atoms. The smallest absolute Gasteiger partial charge is 0.137 e. The summed E-state index contributed by atoms with van der Waals surface area (Å²) in [6.07, 6.45) is 1.83. The normalized spacial score (nSPS) is 12.2. The molecule has 1 aromatic heterocycles. The van der Waals surface area contributed by atoms with E-state index < -0.39 is 0 Å². The number of aromatic nitrogens is 2. The number of halogens is 2. The lowest BCUT2D eigenvalue weighted by atomic mass is 10.1. The highest BCUT2D eigenvalue weighted by atomic mass is 79.9. The molecule has 112 valence electrons. The van der Waals surface area contributed by atoms with E-state index in [0.29, 0.717) is 5.15 Å². The van der Waals surface area contributed by atoms with Crippen LogP contribution < -0.4 is 5.32 Å². The Labute approximate surface area is 139 Å². The zero-order valence-electron chi connectivity index (χ0n) is 12.5. The first kappa shape index (κ1) is 16.2. The van der Waals surface area contributed by atoms with Gasteiger partial charge in [0.25, 0.3) is 0 Å². The molecule has 0 saturated heterocycles. The van der Waals surface area contributed by atoms with Crippen LogP contribution in [0.5, 0.6) is 0 Å². The molecule has 1 heterocycles. The average molecular weight is 369 g/mol. The topological polar surface area (TPSA) is 37.8 Å². The molecule has 1 unspecified atom stereocenters. The summed E-state index contributed by atoms with van der Waals surface area (Å²) < 4.78 is 1.07. The van der Waals surface area contributed by atoms with Crippen LogP contribution in [-0.2, 0) is 6.42 Å². The van der Waals surface area contributed by atoms with Crippen LogP contribution in [0.3, 0.4) is 0 Å². The van der Waals surface area contributed by atoms with Gasteiger partial charge < -0.3 is 5.32 Å². The first-order chi connectivity index (χ1) is 10.0. The maximum atomic E-state index is 6.21. The number of rotatable bonds is 5. The molecule has 0 amide bonds. The van der Waals surface area contributed by atoms with Crippen LogP contribution in [0.25, 0.3) is 0 Å². The van der Waals surface area contributed by atoms with Crippen molar-refractivity contribution in [1.82, 2.24) is 9.97 Å². The van der Waals surface area contributed by atoms with Crippen molar-refractivity contribution in [3.8, 4) is 0 Å². The maximum Gasteiger partial charge on any atom is 0.137 e. The molecule has 1 aromatic carbocycles. The Bertz CT molecular complexity index is 631. The summed E-state index contributed by atoms with van der Waals surface area (Å²) in [5, 5.41) is 3.96. The van der Waals surface area contributed by atoms with Gasteiger partial charge in [-0.15, -0.1) is 0 Å². The fourth-order valence-electron chi connectivity index (χ4n) is 2.07. The van der Waals surface area contributed by atoms with E-state index in [-0.39, 0.29) is 6.04 Å². The Morgan fingerprint density at radius 3 is 2.76 bits per heavy atom. The minimum absolute atomic E-state index is 0.140. The molecule has 0 aliphatic rings. The minimum atomic E-state index is 0.140. The number of hydrogen-bond acceptors (Lipinski definition) is 3. The zero-order valence-corrected chi connectivity index (χ0v) is 14.8. The van der Waals surface area contributed by atoms with Crippen molar-refractivity contribution in [3.63, 3.8) is 0 Å². The molecule has 0 bridgehead atoms. The van der Waals surface area contributed by atoms with Gasteiger partial charge in [-0.25, -0.2) is 9.97 Å². The van der Waals surface area contributed by atoms with Gasteiger partial charge in [0.05, 0.1) is 0 Å². The molecule has 0 aliphatic heterocycles. The van der Waals surface area contributed by atoms with Gasteiger partial charge in [0.2, 0.25) is 0 Å². The molecular formula is C16H19BrClN3.